The van der Waals surface area contributed by atoms with Gasteiger partial charge in [0.15, 0.2) is 0 Å². The summed E-state index contributed by atoms with van der Waals surface area (Å²) in [5.74, 6) is 0.341. The summed E-state index contributed by atoms with van der Waals surface area (Å²) in [7, 11) is -3.57. The van der Waals surface area contributed by atoms with E-state index in [2.05, 4.69) is 13.8 Å². The molecule has 0 amide bonds. The Hall–Kier alpha value is -1.09. The van der Waals surface area contributed by atoms with Crippen LogP contribution in [0.1, 0.15) is 39.2 Å². The third-order valence-electron chi connectivity index (χ3n) is 3.67. The first-order valence-electron chi connectivity index (χ1n) is 7.10. The Morgan fingerprint density at radius 1 is 1.29 bits per heavy atom. The SMILES string of the molecule is CCC(CC)CN(CC)S(=O)(=O)c1ccc(C#N)c(Cl)c1. The van der Waals surface area contributed by atoms with Crippen LogP contribution in [0.5, 0.6) is 0 Å². The average Bonchev–Trinajstić information content (AvgIpc) is 2.48. The lowest BCUT2D eigenvalue weighted by molar-refractivity contribution is 0.339. The van der Waals surface area contributed by atoms with Crippen molar-refractivity contribution in [1.82, 2.24) is 4.31 Å². The highest BCUT2D eigenvalue weighted by Gasteiger charge is 2.25. The molecular formula is C15H21ClN2O2S. The number of rotatable bonds is 7. The number of hydrogen-bond acceptors (Lipinski definition) is 3. The fraction of sp³-hybridized carbons (Fsp3) is 0.533. The van der Waals surface area contributed by atoms with Gasteiger partial charge in [-0.2, -0.15) is 9.57 Å². The summed E-state index contributed by atoms with van der Waals surface area (Å²) in [5.41, 5.74) is 0.277. The van der Waals surface area contributed by atoms with Crippen LogP contribution in [0.4, 0.5) is 0 Å². The topological polar surface area (TPSA) is 61.2 Å². The van der Waals surface area contributed by atoms with Crippen LogP contribution in [-0.4, -0.2) is 25.8 Å². The molecule has 1 aromatic rings. The summed E-state index contributed by atoms with van der Waals surface area (Å²) < 4.78 is 26.8. The van der Waals surface area contributed by atoms with E-state index in [9.17, 15) is 8.42 Å². The molecule has 0 unspecified atom stereocenters. The van der Waals surface area contributed by atoms with Crippen molar-refractivity contribution in [3.8, 4) is 6.07 Å². The summed E-state index contributed by atoms with van der Waals surface area (Å²) in [6.45, 7) is 6.87. The average molecular weight is 329 g/mol. The molecule has 0 aliphatic rings. The predicted octanol–water partition coefficient (Wildman–Crippen LogP) is 3.66. The van der Waals surface area contributed by atoms with Gasteiger partial charge in [-0.15, -0.1) is 0 Å². The normalized spacial score (nSPS) is 11.9. The number of halogens is 1. The maximum Gasteiger partial charge on any atom is 0.243 e. The molecule has 0 radical (unpaired) electrons. The lowest BCUT2D eigenvalue weighted by Crippen LogP contribution is -2.35. The highest BCUT2D eigenvalue weighted by molar-refractivity contribution is 7.89. The second-order valence-electron chi connectivity index (χ2n) is 4.89. The number of sulfonamides is 1. The Balaban J connectivity index is 3.13. The maximum atomic E-state index is 12.7. The minimum absolute atomic E-state index is 0.138. The number of nitriles is 1. The largest absolute Gasteiger partial charge is 0.243 e. The molecule has 0 fully saturated rings. The first kappa shape index (κ1) is 18.0. The first-order valence-corrected chi connectivity index (χ1v) is 8.92. The molecule has 1 aromatic carbocycles. The molecule has 0 bridgehead atoms. The van der Waals surface area contributed by atoms with Crippen LogP contribution in [0.25, 0.3) is 0 Å². The molecule has 4 nitrogen and oxygen atoms in total. The second-order valence-corrected chi connectivity index (χ2v) is 7.24. The molecule has 0 aliphatic heterocycles. The predicted molar refractivity (Wildman–Crippen MR) is 84.7 cm³/mol. The van der Waals surface area contributed by atoms with Gasteiger partial charge in [-0.1, -0.05) is 45.2 Å². The Kier molecular flexibility index (Phi) is 6.66. The van der Waals surface area contributed by atoms with Gasteiger partial charge in [0.2, 0.25) is 10.0 Å². The Morgan fingerprint density at radius 2 is 1.90 bits per heavy atom. The van der Waals surface area contributed by atoms with E-state index in [4.69, 9.17) is 16.9 Å². The zero-order chi connectivity index (χ0) is 16.0. The number of nitrogens with zero attached hydrogens (tertiary/aromatic N) is 2. The van der Waals surface area contributed by atoms with Gasteiger partial charge in [-0.05, 0) is 24.1 Å². The van der Waals surface area contributed by atoms with Gasteiger partial charge in [0.25, 0.3) is 0 Å². The molecule has 0 spiro atoms. The summed E-state index contributed by atoms with van der Waals surface area (Å²) in [6, 6.07) is 6.16. The van der Waals surface area contributed by atoms with Crippen molar-refractivity contribution in [2.45, 2.75) is 38.5 Å². The van der Waals surface area contributed by atoms with Crippen molar-refractivity contribution in [3.63, 3.8) is 0 Å². The van der Waals surface area contributed by atoms with Crippen LogP contribution in [-0.2, 0) is 10.0 Å². The molecule has 21 heavy (non-hydrogen) atoms. The maximum absolute atomic E-state index is 12.7. The van der Waals surface area contributed by atoms with E-state index in [-0.39, 0.29) is 15.5 Å². The zero-order valence-electron chi connectivity index (χ0n) is 12.6. The molecular weight excluding hydrogens is 308 g/mol. The standard InChI is InChI=1S/C15H21ClN2O2S/c1-4-12(5-2)11-18(6-3)21(19,20)14-8-7-13(10-17)15(16)9-14/h7-9,12H,4-6,11H2,1-3H3. The molecule has 0 saturated heterocycles. The molecule has 0 atom stereocenters. The first-order chi connectivity index (χ1) is 9.90. The molecule has 116 valence electrons. The smallest absolute Gasteiger partial charge is 0.207 e. The van der Waals surface area contributed by atoms with Gasteiger partial charge >= 0.3 is 0 Å². The fourth-order valence-corrected chi connectivity index (χ4v) is 3.97. The lowest BCUT2D eigenvalue weighted by atomic mass is 10.0. The Morgan fingerprint density at radius 3 is 2.33 bits per heavy atom. The molecule has 0 N–H and O–H groups in total. The van der Waals surface area contributed by atoms with Gasteiger partial charge in [0.1, 0.15) is 6.07 Å². The van der Waals surface area contributed by atoms with Crippen molar-refractivity contribution in [2.24, 2.45) is 5.92 Å². The van der Waals surface area contributed by atoms with Crippen molar-refractivity contribution >= 4 is 21.6 Å². The monoisotopic (exact) mass is 328 g/mol. The van der Waals surface area contributed by atoms with Crippen LogP contribution in [0.2, 0.25) is 5.02 Å². The van der Waals surface area contributed by atoms with E-state index in [0.29, 0.717) is 19.0 Å². The quantitative estimate of drug-likeness (QED) is 0.767. The van der Waals surface area contributed by atoms with E-state index < -0.39 is 10.0 Å². The van der Waals surface area contributed by atoms with Crippen LogP contribution >= 0.6 is 11.6 Å². The van der Waals surface area contributed by atoms with Gasteiger partial charge in [-0.25, -0.2) is 8.42 Å². The van der Waals surface area contributed by atoms with E-state index in [1.807, 2.05) is 13.0 Å². The van der Waals surface area contributed by atoms with Crippen molar-refractivity contribution in [2.75, 3.05) is 13.1 Å². The molecule has 0 heterocycles. The Bertz CT molecular complexity index is 619. The molecule has 6 heteroatoms. The van der Waals surface area contributed by atoms with E-state index >= 15 is 0 Å². The summed E-state index contributed by atoms with van der Waals surface area (Å²) >= 11 is 5.94. The second kappa shape index (κ2) is 7.79. The van der Waals surface area contributed by atoms with Crippen molar-refractivity contribution < 1.29 is 8.42 Å². The highest BCUT2D eigenvalue weighted by atomic mass is 35.5. The minimum Gasteiger partial charge on any atom is -0.207 e. The van der Waals surface area contributed by atoms with Crippen LogP contribution in [0, 0.1) is 17.2 Å². The van der Waals surface area contributed by atoms with E-state index in [0.717, 1.165) is 12.8 Å². The van der Waals surface area contributed by atoms with E-state index in [1.165, 1.54) is 22.5 Å². The van der Waals surface area contributed by atoms with Gasteiger partial charge in [0.05, 0.1) is 15.5 Å². The number of hydrogen-bond donors (Lipinski definition) is 0. The molecule has 0 saturated carbocycles. The van der Waals surface area contributed by atoms with Gasteiger partial charge < -0.3 is 0 Å². The highest BCUT2D eigenvalue weighted by Crippen LogP contribution is 2.24. The zero-order valence-corrected chi connectivity index (χ0v) is 14.2. The number of benzene rings is 1. The third kappa shape index (κ3) is 4.19. The summed E-state index contributed by atoms with van der Waals surface area (Å²) in [4.78, 5) is 0.138. The Labute approximate surface area is 132 Å². The summed E-state index contributed by atoms with van der Waals surface area (Å²) in [6.07, 6.45) is 1.88. The van der Waals surface area contributed by atoms with Crippen LogP contribution in [0.15, 0.2) is 23.1 Å². The van der Waals surface area contributed by atoms with Crippen LogP contribution in [0.3, 0.4) is 0 Å². The fourth-order valence-electron chi connectivity index (χ4n) is 2.13. The van der Waals surface area contributed by atoms with Crippen molar-refractivity contribution in [1.29, 1.82) is 5.26 Å². The summed E-state index contributed by atoms with van der Waals surface area (Å²) in [5, 5.41) is 9.02. The molecule has 0 aliphatic carbocycles. The third-order valence-corrected chi connectivity index (χ3v) is 5.92. The van der Waals surface area contributed by atoms with Crippen LogP contribution < -0.4 is 0 Å². The minimum atomic E-state index is -3.57. The molecule has 0 aromatic heterocycles. The lowest BCUT2D eigenvalue weighted by Gasteiger charge is -2.25. The van der Waals surface area contributed by atoms with Crippen molar-refractivity contribution in [3.05, 3.63) is 28.8 Å². The van der Waals surface area contributed by atoms with Gasteiger partial charge in [-0.3, -0.25) is 0 Å². The van der Waals surface area contributed by atoms with Gasteiger partial charge in [0, 0.05) is 13.1 Å². The molecule has 1 rings (SSSR count). The van der Waals surface area contributed by atoms with E-state index in [1.54, 1.807) is 0 Å².